The van der Waals surface area contributed by atoms with Crippen molar-refractivity contribution in [3.63, 3.8) is 0 Å². The number of carboxylic acids is 1. The number of nitrogen functional groups attached to an aromatic ring is 1. The van der Waals surface area contributed by atoms with Gasteiger partial charge in [0.25, 0.3) is 5.91 Å². The van der Waals surface area contributed by atoms with Crippen LogP contribution >= 0.6 is 0 Å². The van der Waals surface area contributed by atoms with E-state index >= 15 is 0 Å². The molecular weight excluding hydrogens is 296 g/mol. The molecule has 0 bridgehead atoms. The number of benzene rings is 1. The molecule has 3 N–H and O–H groups in total. The third-order valence-electron chi connectivity index (χ3n) is 3.73. The highest BCUT2D eigenvalue weighted by Gasteiger charge is 2.32. The average molecular weight is 312 g/mol. The van der Waals surface area contributed by atoms with Gasteiger partial charge in [-0.05, 0) is 6.42 Å². The van der Waals surface area contributed by atoms with Crippen LogP contribution in [0.4, 0.5) is 5.95 Å². The lowest BCUT2D eigenvalue weighted by Crippen LogP contribution is -2.25. The maximum absolute atomic E-state index is 12.4. The Bertz CT molecular complexity index is 761. The number of nitrogens with two attached hydrogens (primary N) is 1. The molecule has 1 amide bonds. The van der Waals surface area contributed by atoms with Crippen LogP contribution in [0, 0.1) is 0 Å². The predicted molar refractivity (Wildman–Crippen MR) is 83.5 cm³/mol. The number of nitrogens with zero attached hydrogens (tertiary/aromatic N) is 3. The van der Waals surface area contributed by atoms with E-state index in [-0.39, 0.29) is 18.3 Å². The van der Waals surface area contributed by atoms with Crippen LogP contribution in [0.3, 0.4) is 0 Å². The Hall–Kier alpha value is -2.96. The molecule has 1 aromatic heterocycles. The molecule has 2 heterocycles. The summed E-state index contributed by atoms with van der Waals surface area (Å²) in [5.74, 6) is -1.04. The van der Waals surface area contributed by atoms with E-state index in [0.29, 0.717) is 30.9 Å². The van der Waals surface area contributed by atoms with Crippen LogP contribution in [0.1, 0.15) is 28.9 Å². The van der Waals surface area contributed by atoms with Crippen LogP contribution in [0.15, 0.2) is 30.3 Å². The van der Waals surface area contributed by atoms with Crippen molar-refractivity contribution in [1.29, 1.82) is 0 Å². The number of anilines is 1. The molecule has 7 heteroatoms. The Morgan fingerprint density at radius 1 is 1.22 bits per heavy atom. The van der Waals surface area contributed by atoms with Gasteiger partial charge in [-0.2, -0.15) is 0 Å². The van der Waals surface area contributed by atoms with Crippen molar-refractivity contribution in [3.8, 4) is 11.3 Å². The lowest BCUT2D eigenvalue weighted by atomic mass is 10.1. The van der Waals surface area contributed by atoms with Gasteiger partial charge in [-0.3, -0.25) is 9.59 Å². The van der Waals surface area contributed by atoms with Gasteiger partial charge in [0, 0.05) is 24.1 Å². The summed E-state index contributed by atoms with van der Waals surface area (Å²) in [5.41, 5.74) is 8.33. The van der Waals surface area contributed by atoms with E-state index < -0.39 is 5.97 Å². The number of aliphatic carboxylic acids is 1. The first kappa shape index (κ1) is 15.0. The summed E-state index contributed by atoms with van der Waals surface area (Å²) < 4.78 is 0. The van der Waals surface area contributed by atoms with Gasteiger partial charge in [0.15, 0.2) is 0 Å². The minimum absolute atomic E-state index is 0.0273. The molecule has 1 aromatic carbocycles. The van der Waals surface area contributed by atoms with Crippen molar-refractivity contribution < 1.29 is 14.7 Å². The standard InChI is InChI=1S/C16H16N4O3/c17-16-18-13(10-5-2-1-3-6-10)11-9-20(8-4-7-12(21)22)15(23)14(11)19-16/h1-3,5-6H,4,7-9H2,(H,21,22)(H2,17,18,19). The van der Waals surface area contributed by atoms with Crippen LogP contribution in [0.25, 0.3) is 11.3 Å². The van der Waals surface area contributed by atoms with E-state index in [1.54, 1.807) is 4.90 Å². The largest absolute Gasteiger partial charge is 0.481 e. The third-order valence-corrected chi connectivity index (χ3v) is 3.73. The molecule has 23 heavy (non-hydrogen) atoms. The number of fused-ring (bicyclic) bond motifs is 1. The third kappa shape index (κ3) is 2.98. The fourth-order valence-corrected chi connectivity index (χ4v) is 2.68. The van der Waals surface area contributed by atoms with Gasteiger partial charge < -0.3 is 15.7 Å². The van der Waals surface area contributed by atoms with E-state index in [2.05, 4.69) is 9.97 Å². The van der Waals surface area contributed by atoms with Gasteiger partial charge in [-0.25, -0.2) is 9.97 Å². The minimum atomic E-state index is -0.872. The highest BCUT2D eigenvalue weighted by molar-refractivity contribution is 5.98. The number of amides is 1. The smallest absolute Gasteiger partial charge is 0.303 e. The Morgan fingerprint density at radius 3 is 2.61 bits per heavy atom. The lowest BCUT2D eigenvalue weighted by molar-refractivity contribution is -0.137. The molecule has 0 fully saturated rings. The Balaban J connectivity index is 1.91. The van der Waals surface area contributed by atoms with Crippen molar-refractivity contribution >= 4 is 17.8 Å². The number of hydrogen-bond donors (Lipinski definition) is 2. The highest BCUT2D eigenvalue weighted by atomic mass is 16.4. The molecule has 0 unspecified atom stereocenters. The zero-order chi connectivity index (χ0) is 16.4. The van der Waals surface area contributed by atoms with E-state index in [4.69, 9.17) is 10.8 Å². The predicted octanol–water partition coefficient (Wildman–Crippen LogP) is 1.55. The van der Waals surface area contributed by atoms with E-state index in [1.165, 1.54) is 0 Å². The van der Waals surface area contributed by atoms with Crippen molar-refractivity contribution in [2.75, 3.05) is 12.3 Å². The number of rotatable bonds is 5. The van der Waals surface area contributed by atoms with E-state index in [0.717, 1.165) is 11.1 Å². The van der Waals surface area contributed by atoms with Crippen LogP contribution in [0.2, 0.25) is 0 Å². The maximum atomic E-state index is 12.4. The van der Waals surface area contributed by atoms with Crippen LogP contribution in [-0.4, -0.2) is 38.4 Å². The second-order valence-electron chi connectivity index (χ2n) is 5.35. The molecule has 1 aliphatic heterocycles. The molecule has 0 aliphatic carbocycles. The fraction of sp³-hybridized carbons (Fsp3) is 0.250. The van der Waals surface area contributed by atoms with Crippen LogP contribution in [0.5, 0.6) is 0 Å². The quantitative estimate of drug-likeness (QED) is 0.866. The Labute approximate surface area is 132 Å². The van der Waals surface area contributed by atoms with Crippen molar-refractivity contribution in [3.05, 3.63) is 41.6 Å². The topological polar surface area (TPSA) is 109 Å². The van der Waals surface area contributed by atoms with Gasteiger partial charge >= 0.3 is 5.97 Å². The molecule has 118 valence electrons. The summed E-state index contributed by atoms with van der Waals surface area (Å²) >= 11 is 0. The highest BCUT2D eigenvalue weighted by Crippen LogP contribution is 2.30. The minimum Gasteiger partial charge on any atom is -0.481 e. The number of hydrogen-bond acceptors (Lipinski definition) is 5. The second kappa shape index (κ2) is 6.04. The molecule has 0 atom stereocenters. The first-order chi connectivity index (χ1) is 11.1. The summed E-state index contributed by atoms with van der Waals surface area (Å²) in [6, 6.07) is 9.49. The number of carbonyl (C=O) groups is 2. The molecule has 0 radical (unpaired) electrons. The van der Waals surface area contributed by atoms with Gasteiger partial charge in [0.05, 0.1) is 12.2 Å². The fourth-order valence-electron chi connectivity index (χ4n) is 2.68. The molecule has 0 saturated carbocycles. The molecule has 0 saturated heterocycles. The molecule has 0 spiro atoms. The number of carboxylic acid groups (broad SMARTS) is 1. The maximum Gasteiger partial charge on any atom is 0.303 e. The number of aromatic nitrogens is 2. The van der Waals surface area contributed by atoms with Gasteiger partial charge in [-0.15, -0.1) is 0 Å². The Kier molecular flexibility index (Phi) is 3.92. The zero-order valence-corrected chi connectivity index (χ0v) is 12.4. The SMILES string of the molecule is Nc1nc2c(c(-c3ccccc3)n1)CN(CCCC(=O)O)C2=O. The van der Waals surface area contributed by atoms with Crippen LogP contribution in [-0.2, 0) is 11.3 Å². The van der Waals surface area contributed by atoms with Crippen molar-refractivity contribution in [2.24, 2.45) is 0 Å². The monoisotopic (exact) mass is 312 g/mol. The van der Waals surface area contributed by atoms with Crippen molar-refractivity contribution in [1.82, 2.24) is 14.9 Å². The summed E-state index contributed by atoms with van der Waals surface area (Å²) in [6.07, 6.45) is 0.429. The molecule has 7 nitrogen and oxygen atoms in total. The summed E-state index contributed by atoms with van der Waals surface area (Å²) in [6.45, 7) is 0.744. The first-order valence-corrected chi connectivity index (χ1v) is 7.29. The Morgan fingerprint density at radius 2 is 1.91 bits per heavy atom. The summed E-state index contributed by atoms with van der Waals surface area (Å²) in [5, 5.41) is 8.71. The van der Waals surface area contributed by atoms with Gasteiger partial charge in [-0.1, -0.05) is 30.3 Å². The van der Waals surface area contributed by atoms with Crippen molar-refractivity contribution in [2.45, 2.75) is 19.4 Å². The lowest BCUT2D eigenvalue weighted by Gasteiger charge is -2.14. The van der Waals surface area contributed by atoms with E-state index in [9.17, 15) is 9.59 Å². The molecule has 1 aliphatic rings. The molecular formula is C16H16N4O3. The number of carbonyl (C=O) groups excluding carboxylic acids is 1. The van der Waals surface area contributed by atoms with E-state index in [1.807, 2.05) is 30.3 Å². The normalized spacial score (nSPS) is 13.2. The van der Waals surface area contributed by atoms with Crippen LogP contribution < -0.4 is 5.73 Å². The molecule has 2 aromatic rings. The average Bonchev–Trinajstić information content (AvgIpc) is 2.84. The first-order valence-electron chi connectivity index (χ1n) is 7.29. The van der Waals surface area contributed by atoms with Gasteiger partial charge in [0.2, 0.25) is 5.95 Å². The second-order valence-corrected chi connectivity index (χ2v) is 5.35. The summed E-state index contributed by atoms with van der Waals surface area (Å²) in [4.78, 5) is 33.0. The van der Waals surface area contributed by atoms with Gasteiger partial charge in [0.1, 0.15) is 5.69 Å². The zero-order valence-electron chi connectivity index (χ0n) is 12.4. The summed E-state index contributed by atoms with van der Waals surface area (Å²) in [7, 11) is 0. The molecule has 3 rings (SSSR count).